The molecule has 8 nitrogen and oxygen atoms in total. The third-order valence-electron chi connectivity index (χ3n) is 2.78. The molecule has 0 aromatic heterocycles. The van der Waals surface area contributed by atoms with Crippen molar-refractivity contribution in [3.63, 3.8) is 0 Å². The fraction of sp³-hybridized carbons (Fsp3) is 0.833. The van der Waals surface area contributed by atoms with Gasteiger partial charge in [0.1, 0.15) is 12.3 Å². The van der Waals surface area contributed by atoms with Crippen LogP contribution in [0.2, 0.25) is 0 Å². The third-order valence-corrected chi connectivity index (χ3v) is 6.34. The Bertz CT molecular complexity index is 325. The summed E-state index contributed by atoms with van der Waals surface area (Å²) in [6, 6.07) is -0.961. The van der Waals surface area contributed by atoms with Crippen molar-refractivity contribution in [3.8, 4) is 0 Å². The zero-order chi connectivity index (χ0) is 16.5. The second-order valence-electron chi connectivity index (χ2n) is 4.09. The normalized spacial score (nSPS) is 13.0. The van der Waals surface area contributed by atoms with E-state index in [2.05, 4.69) is 0 Å². The lowest BCUT2D eigenvalue weighted by Gasteiger charge is -2.39. The first-order valence-electron chi connectivity index (χ1n) is 7.08. The Balaban J connectivity index is 5.72. The third kappa shape index (κ3) is 5.04. The Morgan fingerprint density at radius 1 is 1.10 bits per heavy atom. The fourth-order valence-electron chi connectivity index (χ4n) is 2.13. The SMILES string of the molecule is CCO[Si](OCC)(OCC)C(CC)N(C(N)=O)C(=O)CO. The van der Waals surface area contributed by atoms with Crippen LogP contribution in [-0.4, -0.2) is 62.8 Å². The van der Waals surface area contributed by atoms with E-state index in [4.69, 9.17) is 24.1 Å². The molecule has 0 rings (SSSR count). The Morgan fingerprint density at radius 3 is 1.76 bits per heavy atom. The van der Waals surface area contributed by atoms with E-state index in [1.54, 1.807) is 27.7 Å². The van der Waals surface area contributed by atoms with Crippen molar-refractivity contribution in [1.29, 1.82) is 0 Å². The van der Waals surface area contributed by atoms with Crippen molar-refractivity contribution in [1.82, 2.24) is 4.90 Å². The van der Waals surface area contributed by atoms with Crippen LogP contribution in [0.4, 0.5) is 4.79 Å². The number of rotatable bonds is 10. The Morgan fingerprint density at radius 2 is 1.52 bits per heavy atom. The summed E-state index contributed by atoms with van der Waals surface area (Å²) in [7, 11) is -3.34. The highest BCUT2D eigenvalue weighted by atomic mass is 28.4. The quantitative estimate of drug-likeness (QED) is 0.558. The van der Waals surface area contributed by atoms with Crippen LogP contribution in [0.5, 0.6) is 0 Å². The molecule has 1 unspecified atom stereocenters. The van der Waals surface area contributed by atoms with Crippen molar-refractivity contribution in [2.75, 3.05) is 26.4 Å². The highest BCUT2D eigenvalue weighted by Gasteiger charge is 2.53. The smallest absolute Gasteiger partial charge is 0.387 e. The van der Waals surface area contributed by atoms with Crippen molar-refractivity contribution in [3.05, 3.63) is 0 Å². The van der Waals surface area contributed by atoms with E-state index in [1.165, 1.54) is 0 Å². The van der Waals surface area contributed by atoms with Gasteiger partial charge in [-0.2, -0.15) is 0 Å². The van der Waals surface area contributed by atoms with Gasteiger partial charge in [-0.15, -0.1) is 0 Å². The predicted molar refractivity (Wildman–Crippen MR) is 78.2 cm³/mol. The molecule has 0 radical (unpaired) electrons. The molecule has 0 heterocycles. The van der Waals surface area contributed by atoms with Crippen LogP contribution in [-0.2, 0) is 18.1 Å². The standard InChI is InChI=1S/C12H26N2O6Si/c1-5-11(14(12(13)17)10(16)9-15)21(18-6-2,19-7-3)20-8-4/h11,15H,5-9H2,1-4H3,(H2,13,17). The highest BCUT2D eigenvalue weighted by Crippen LogP contribution is 2.23. The van der Waals surface area contributed by atoms with Crippen LogP contribution >= 0.6 is 0 Å². The van der Waals surface area contributed by atoms with E-state index >= 15 is 0 Å². The molecule has 1 atom stereocenters. The number of carbonyl (C=O) groups excluding carboxylic acids is 2. The molecule has 0 aromatic carbocycles. The molecule has 3 amide bonds. The number of amides is 3. The number of primary amides is 1. The van der Waals surface area contributed by atoms with Gasteiger partial charge in [0.25, 0.3) is 5.91 Å². The van der Waals surface area contributed by atoms with Crippen molar-refractivity contribution < 1.29 is 28.0 Å². The van der Waals surface area contributed by atoms with Crippen LogP contribution in [0.1, 0.15) is 34.1 Å². The first-order chi connectivity index (χ1) is 9.93. The van der Waals surface area contributed by atoms with Gasteiger partial charge in [0, 0.05) is 19.8 Å². The summed E-state index contributed by atoms with van der Waals surface area (Å²) in [6.07, 6.45) is 0.348. The lowest BCUT2D eigenvalue weighted by Crippen LogP contribution is -2.66. The summed E-state index contributed by atoms with van der Waals surface area (Å²) < 4.78 is 17.1. The van der Waals surface area contributed by atoms with Gasteiger partial charge in [-0.05, 0) is 27.2 Å². The zero-order valence-corrected chi connectivity index (χ0v) is 14.1. The fourth-order valence-corrected chi connectivity index (χ4v) is 5.26. The number of nitrogens with two attached hydrogens (primary N) is 1. The Hall–Kier alpha value is -1.00. The number of hydrogen-bond acceptors (Lipinski definition) is 6. The van der Waals surface area contributed by atoms with Crippen molar-refractivity contribution >= 4 is 20.7 Å². The monoisotopic (exact) mass is 322 g/mol. The van der Waals surface area contributed by atoms with Gasteiger partial charge in [-0.25, -0.2) is 4.79 Å². The molecule has 0 fully saturated rings. The van der Waals surface area contributed by atoms with Gasteiger partial charge in [0.15, 0.2) is 0 Å². The number of nitrogens with zero attached hydrogens (tertiary/aromatic N) is 1. The largest absolute Gasteiger partial charge is 0.525 e. The van der Waals surface area contributed by atoms with E-state index in [9.17, 15) is 9.59 Å². The molecule has 0 aliphatic rings. The maximum absolute atomic E-state index is 11.8. The minimum Gasteiger partial charge on any atom is -0.387 e. The van der Waals surface area contributed by atoms with E-state index in [0.717, 1.165) is 4.90 Å². The number of aliphatic hydroxyl groups is 1. The van der Waals surface area contributed by atoms with Gasteiger partial charge < -0.3 is 24.1 Å². The van der Waals surface area contributed by atoms with Gasteiger partial charge in [-0.1, -0.05) is 6.92 Å². The second-order valence-corrected chi connectivity index (χ2v) is 6.83. The molecular formula is C12H26N2O6Si. The van der Waals surface area contributed by atoms with Gasteiger partial charge >= 0.3 is 14.8 Å². The summed E-state index contributed by atoms with van der Waals surface area (Å²) >= 11 is 0. The molecule has 21 heavy (non-hydrogen) atoms. The number of hydrogen-bond donors (Lipinski definition) is 2. The lowest BCUT2D eigenvalue weighted by molar-refractivity contribution is -0.133. The minimum atomic E-state index is -3.34. The van der Waals surface area contributed by atoms with Crippen molar-refractivity contribution in [2.45, 2.75) is 39.8 Å². The molecular weight excluding hydrogens is 296 g/mol. The molecule has 0 saturated heterocycles. The lowest BCUT2D eigenvalue weighted by atomic mass is 10.4. The molecule has 0 aliphatic carbocycles. The first kappa shape index (κ1) is 20.0. The topological polar surface area (TPSA) is 111 Å². The number of carbonyl (C=O) groups is 2. The van der Waals surface area contributed by atoms with Gasteiger partial charge in [0.05, 0.1) is 0 Å². The summed E-state index contributed by atoms with van der Waals surface area (Å²) in [5.41, 5.74) is 4.52. The van der Waals surface area contributed by atoms with E-state index < -0.39 is 33.0 Å². The first-order valence-corrected chi connectivity index (χ1v) is 8.88. The summed E-state index contributed by atoms with van der Waals surface area (Å²) in [6.45, 7) is 7.19. The van der Waals surface area contributed by atoms with E-state index in [0.29, 0.717) is 26.2 Å². The van der Waals surface area contributed by atoms with E-state index in [1.807, 2.05) is 0 Å². The Labute approximate surface area is 126 Å². The molecule has 124 valence electrons. The number of aliphatic hydroxyl groups excluding tert-OH is 1. The Kier molecular flexibility index (Phi) is 9.38. The van der Waals surface area contributed by atoms with E-state index in [-0.39, 0.29) is 0 Å². The second kappa shape index (κ2) is 9.85. The predicted octanol–water partition coefficient (Wildman–Crippen LogP) is 0.252. The maximum Gasteiger partial charge on any atom is 0.525 e. The molecule has 0 bridgehead atoms. The van der Waals surface area contributed by atoms with Gasteiger partial charge in [-0.3, -0.25) is 9.69 Å². The van der Waals surface area contributed by atoms with Crippen LogP contribution < -0.4 is 5.73 Å². The minimum absolute atomic E-state index is 0.308. The summed E-state index contributed by atoms with van der Waals surface area (Å²) in [5.74, 6) is -0.801. The van der Waals surface area contributed by atoms with Crippen LogP contribution in [0.3, 0.4) is 0 Å². The molecule has 0 saturated carbocycles. The summed E-state index contributed by atoms with van der Waals surface area (Å²) in [4.78, 5) is 24.3. The average Bonchev–Trinajstić information content (AvgIpc) is 2.44. The average molecular weight is 322 g/mol. The molecule has 0 spiro atoms. The molecule has 3 N–H and O–H groups in total. The number of imide groups is 1. The van der Waals surface area contributed by atoms with Crippen LogP contribution in [0, 0.1) is 0 Å². The van der Waals surface area contributed by atoms with Crippen LogP contribution in [0.15, 0.2) is 0 Å². The van der Waals surface area contributed by atoms with Gasteiger partial charge in [0.2, 0.25) is 0 Å². The molecule has 9 heteroatoms. The zero-order valence-electron chi connectivity index (χ0n) is 13.1. The maximum atomic E-state index is 11.8. The van der Waals surface area contributed by atoms with Crippen molar-refractivity contribution in [2.24, 2.45) is 5.73 Å². The molecule has 0 aromatic rings. The highest BCUT2D eigenvalue weighted by molar-refractivity contribution is 6.63. The van der Waals surface area contributed by atoms with Crippen LogP contribution in [0.25, 0.3) is 0 Å². The summed E-state index contributed by atoms with van der Waals surface area (Å²) in [5, 5.41) is 9.05. The number of urea groups is 1. The molecule has 0 aliphatic heterocycles.